The van der Waals surface area contributed by atoms with Gasteiger partial charge >= 0.3 is 35.3 Å². The Kier molecular flexibility index (Phi) is 12.6. The van der Waals surface area contributed by atoms with Crippen LogP contribution in [0.15, 0.2) is 42.5 Å². The molecule has 0 aliphatic carbocycles. The van der Waals surface area contributed by atoms with Gasteiger partial charge in [-0.25, -0.2) is 4.79 Å². The summed E-state index contributed by atoms with van der Waals surface area (Å²) >= 11 is 16.6. The third kappa shape index (κ3) is 13.0. The number of ether oxygens (including phenoxy) is 1. The number of esters is 1. The van der Waals surface area contributed by atoms with Gasteiger partial charge in [-0.05, 0) is 38.4 Å². The number of allylic oxidation sites excluding steroid dienone is 1. The van der Waals surface area contributed by atoms with Crippen molar-refractivity contribution >= 4 is 70.1 Å². The van der Waals surface area contributed by atoms with E-state index in [1.165, 1.54) is 18.0 Å². The van der Waals surface area contributed by atoms with Crippen LogP contribution in [0.2, 0.25) is 0 Å². The van der Waals surface area contributed by atoms with E-state index in [1.54, 1.807) is 36.4 Å². The first-order valence-electron chi connectivity index (χ1n) is 11.0. The van der Waals surface area contributed by atoms with Crippen LogP contribution in [0.25, 0.3) is 0 Å². The molecular weight excluding hydrogens is 573 g/mol. The van der Waals surface area contributed by atoms with Crippen LogP contribution in [0.1, 0.15) is 29.6 Å². The van der Waals surface area contributed by atoms with E-state index in [4.69, 9.17) is 48.8 Å². The average molecular weight is 600 g/mol. The molecule has 0 radical (unpaired) electrons. The van der Waals surface area contributed by atoms with E-state index < -0.39 is 51.7 Å². The third-order valence-corrected chi connectivity index (χ3v) is 5.91. The molecule has 0 saturated carbocycles. The van der Waals surface area contributed by atoms with Crippen LogP contribution in [-0.2, 0) is 38.1 Å². The van der Waals surface area contributed by atoms with E-state index in [2.05, 4.69) is 8.91 Å². The Bertz CT molecular complexity index is 1040. The van der Waals surface area contributed by atoms with Gasteiger partial charge in [-0.3, -0.25) is 18.7 Å². The van der Waals surface area contributed by atoms with Crippen molar-refractivity contribution in [3.05, 3.63) is 48.0 Å². The van der Waals surface area contributed by atoms with Crippen LogP contribution in [0, 0.1) is 0 Å². The number of alkyl halides is 3. The highest BCUT2D eigenvalue weighted by Crippen LogP contribution is 2.26. The molecule has 1 atom stereocenters. The number of carbonyl (C=O) groups is 3. The predicted molar refractivity (Wildman–Crippen MR) is 137 cm³/mol. The molecular formula is C21H26BCl3N2O9S. The van der Waals surface area contributed by atoms with Gasteiger partial charge in [0.05, 0.1) is 25.3 Å². The van der Waals surface area contributed by atoms with E-state index in [0.717, 1.165) is 0 Å². The van der Waals surface area contributed by atoms with Crippen molar-refractivity contribution in [2.75, 3.05) is 33.4 Å². The minimum absolute atomic E-state index is 0.188. The summed E-state index contributed by atoms with van der Waals surface area (Å²) in [6.07, 6.45) is 4.49. The lowest BCUT2D eigenvalue weighted by Gasteiger charge is -2.26. The summed E-state index contributed by atoms with van der Waals surface area (Å²) in [4.78, 5) is 37.6. The Labute approximate surface area is 230 Å². The Morgan fingerprint density at radius 2 is 1.78 bits per heavy atom. The zero-order valence-electron chi connectivity index (χ0n) is 19.8. The normalized spacial score (nSPS) is 16.6. The van der Waals surface area contributed by atoms with Gasteiger partial charge in [0.15, 0.2) is 0 Å². The average Bonchev–Trinajstić information content (AvgIpc) is 2.80. The Morgan fingerprint density at radius 1 is 1.16 bits per heavy atom. The topological polar surface area (TPSA) is 138 Å². The molecule has 1 unspecified atom stereocenters. The van der Waals surface area contributed by atoms with Crippen LogP contribution < -0.4 is 4.72 Å². The monoisotopic (exact) mass is 598 g/mol. The summed E-state index contributed by atoms with van der Waals surface area (Å²) in [7, 11) is -4.61. The van der Waals surface area contributed by atoms with Gasteiger partial charge in [-0.15, -0.1) is 0 Å². The first kappa shape index (κ1) is 31.4. The second kappa shape index (κ2) is 14.9. The number of halogens is 3. The number of nitrogens with zero attached hydrogens (tertiary/aromatic N) is 1. The predicted octanol–water partition coefficient (Wildman–Crippen LogP) is 2.22. The molecule has 204 valence electrons. The molecule has 16 heteroatoms. The highest BCUT2D eigenvalue weighted by Gasteiger charge is 2.41. The third-order valence-electron chi connectivity index (χ3n) is 4.60. The fraction of sp³-hybridized carbons (Fsp3) is 0.476. The summed E-state index contributed by atoms with van der Waals surface area (Å²) in [6.45, 7) is -1.02. The molecule has 1 aliphatic rings. The van der Waals surface area contributed by atoms with Crippen molar-refractivity contribution in [2.45, 2.75) is 29.0 Å². The lowest BCUT2D eigenvalue weighted by molar-refractivity contribution is -0.145. The van der Waals surface area contributed by atoms with Gasteiger partial charge in [0, 0.05) is 0 Å². The molecule has 1 N–H and O–H groups in total. The first-order chi connectivity index (χ1) is 17.3. The zero-order chi connectivity index (χ0) is 27.5. The Balaban J connectivity index is 1.97. The fourth-order valence-corrected chi connectivity index (χ4v) is 4.24. The number of hydrogen-bond acceptors (Lipinski definition) is 10. The molecule has 1 aromatic carbocycles. The zero-order valence-corrected chi connectivity index (χ0v) is 22.9. The van der Waals surface area contributed by atoms with Gasteiger partial charge in [0.1, 0.15) is 12.5 Å². The number of benzene rings is 1. The molecule has 1 saturated heterocycles. The van der Waals surface area contributed by atoms with Crippen molar-refractivity contribution in [3.63, 3.8) is 0 Å². The van der Waals surface area contributed by atoms with E-state index in [0.29, 0.717) is 24.8 Å². The minimum atomic E-state index is -4.52. The quantitative estimate of drug-likeness (QED) is 0.125. The molecule has 0 aromatic heterocycles. The standard InChI is InChI=1S/C21H26BCl3N2O9S/c1-27-13-18(28)35-22(36-19(29)14-27)17(26-37(31,32)34-15-21(23,24)25)11-7-2-3-8-12-33-20(30)16-9-5-4-6-10-16/h4-7,9-11,17,26H,2-3,8,12-15H2,1H3/b11-7+. The number of hydrogen-bond donors (Lipinski definition) is 1. The molecule has 1 aliphatic heterocycles. The maximum atomic E-state index is 12.4. The van der Waals surface area contributed by atoms with Crippen molar-refractivity contribution in [1.29, 1.82) is 0 Å². The van der Waals surface area contributed by atoms with E-state index >= 15 is 0 Å². The van der Waals surface area contributed by atoms with E-state index in [9.17, 15) is 22.8 Å². The maximum absolute atomic E-state index is 12.4. The highest BCUT2D eigenvalue weighted by molar-refractivity contribution is 7.84. The smallest absolute Gasteiger partial charge is 0.497 e. The molecule has 0 bridgehead atoms. The molecule has 11 nitrogen and oxygen atoms in total. The highest BCUT2D eigenvalue weighted by atomic mass is 35.6. The molecule has 0 amide bonds. The number of rotatable bonds is 12. The fourth-order valence-electron chi connectivity index (χ4n) is 2.96. The largest absolute Gasteiger partial charge is 0.622 e. The maximum Gasteiger partial charge on any atom is 0.622 e. The molecule has 0 spiro atoms. The van der Waals surface area contributed by atoms with Gasteiger partial charge in [0.2, 0.25) is 3.79 Å². The van der Waals surface area contributed by atoms with Gasteiger partial charge in [-0.1, -0.05) is 65.2 Å². The first-order valence-corrected chi connectivity index (χ1v) is 13.6. The number of carbonyl (C=O) groups excluding carboxylic acids is 3. The molecule has 2 rings (SSSR count). The molecule has 1 heterocycles. The second-order valence-electron chi connectivity index (χ2n) is 7.92. The summed E-state index contributed by atoms with van der Waals surface area (Å²) < 4.78 is 45.0. The van der Waals surface area contributed by atoms with Crippen LogP contribution >= 0.6 is 34.8 Å². The number of unbranched alkanes of at least 4 members (excludes halogenated alkanes) is 2. The lowest BCUT2D eigenvalue weighted by Crippen LogP contribution is -2.53. The van der Waals surface area contributed by atoms with Crippen LogP contribution in [-0.4, -0.2) is 81.4 Å². The number of nitrogens with one attached hydrogen (secondary N) is 1. The lowest BCUT2D eigenvalue weighted by atomic mass is 9.78. The summed E-state index contributed by atoms with van der Waals surface area (Å²) in [5, 5.41) is 0. The second-order valence-corrected chi connectivity index (χ2v) is 11.8. The molecule has 1 aromatic rings. The van der Waals surface area contributed by atoms with Crippen LogP contribution in [0.4, 0.5) is 0 Å². The Hall–Kier alpha value is -1.87. The molecule has 37 heavy (non-hydrogen) atoms. The number of likely N-dealkylation sites (N-methyl/N-ethyl adjacent to an activating group) is 1. The van der Waals surface area contributed by atoms with Gasteiger partial charge in [-0.2, -0.15) is 13.1 Å². The SMILES string of the molecule is CN1CC(=O)OB(C(/C=C/CCCCOC(=O)c2ccccc2)NS(=O)(=O)OCC(Cl)(Cl)Cl)OC(=O)C1. The van der Waals surface area contributed by atoms with Crippen molar-refractivity contribution in [2.24, 2.45) is 0 Å². The van der Waals surface area contributed by atoms with Crippen LogP contribution in [0.5, 0.6) is 0 Å². The Morgan fingerprint density at radius 3 is 2.38 bits per heavy atom. The van der Waals surface area contributed by atoms with Crippen molar-refractivity contribution < 1.29 is 41.0 Å². The summed E-state index contributed by atoms with van der Waals surface area (Å²) in [6, 6.07) is 8.56. The summed E-state index contributed by atoms with van der Waals surface area (Å²) in [5.41, 5.74) is 0.448. The van der Waals surface area contributed by atoms with Gasteiger partial charge < -0.3 is 14.0 Å². The van der Waals surface area contributed by atoms with Crippen LogP contribution in [0.3, 0.4) is 0 Å². The van der Waals surface area contributed by atoms with Gasteiger partial charge in [0.25, 0.3) is 0 Å². The van der Waals surface area contributed by atoms with E-state index in [1.807, 2.05) is 0 Å². The van der Waals surface area contributed by atoms with Crippen molar-refractivity contribution in [1.82, 2.24) is 9.62 Å². The summed E-state index contributed by atoms with van der Waals surface area (Å²) in [5.74, 6) is -3.24. The molecule has 1 fully saturated rings. The van der Waals surface area contributed by atoms with Crippen molar-refractivity contribution in [3.8, 4) is 0 Å². The van der Waals surface area contributed by atoms with E-state index in [-0.39, 0.29) is 19.7 Å². The minimum Gasteiger partial charge on any atom is -0.497 e.